The van der Waals surface area contributed by atoms with Crippen LogP contribution in [-0.2, 0) is 4.74 Å². The molecule has 0 bridgehead atoms. The Hall–Kier alpha value is -0.770. The van der Waals surface area contributed by atoms with Gasteiger partial charge in [-0.15, -0.1) is 0 Å². The first kappa shape index (κ1) is 14.6. The number of ether oxygens (including phenoxy) is 1. The molecule has 2 aliphatic rings. The average Bonchev–Trinajstić information content (AvgIpc) is 3.02. The normalized spacial score (nSPS) is 25.5. The molecule has 1 aliphatic carbocycles. The van der Waals surface area contributed by atoms with Crippen molar-refractivity contribution in [2.75, 3.05) is 6.54 Å². The molecule has 110 valence electrons. The van der Waals surface area contributed by atoms with Gasteiger partial charge in [-0.1, -0.05) is 0 Å². The van der Waals surface area contributed by atoms with E-state index in [0.717, 1.165) is 32.2 Å². The van der Waals surface area contributed by atoms with E-state index < -0.39 is 5.60 Å². The predicted molar refractivity (Wildman–Crippen MR) is 73.9 cm³/mol. The number of amides is 1. The summed E-state index contributed by atoms with van der Waals surface area (Å²) in [5.74, 6) is 0.524. The first-order valence-corrected chi connectivity index (χ1v) is 7.54. The van der Waals surface area contributed by atoms with Crippen LogP contribution in [0, 0.1) is 5.92 Å². The molecular formula is C15H27NO3. The van der Waals surface area contributed by atoms with E-state index in [2.05, 4.69) is 0 Å². The van der Waals surface area contributed by atoms with Gasteiger partial charge in [0.2, 0.25) is 0 Å². The third-order valence-corrected chi connectivity index (χ3v) is 3.97. The lowest BCUT2D eigenvalue weighted by Gasteiger charge is -2.29. The summed E-state index contributed by atoms with van der Waals surface area (Å²) in [6.07, 6.45) is 5.77. The van der Waals surface area contributed by atoms with Crippen molar-refractivity contribution in [3.63, 3.8) is 0 Å². The molecule has 4 heteroatoms. The summed E-state index contributed by atoms with van der Waals surface area (Å²) in [6.45, 7) is 6.48. The molecule has 0 aromatic heterocycles. The van der Waals surface area contributed by atoms with Crippen LogP contribution in [0.2, 0.25) is 0 Å². The van der Waals surface area contributed by atoms with Gasteiger partial charge in [0.1, 0.15) is 5.60 Å². The third-order valence-electron chi connectivity index (χ3n) is 3.97. The van der Waals surface area contributed by atoms with E-state index in [9.17, 15) is 9.90 Å². The summed E-state index contributed by atoms with van der Waals surface area (Å²) in [7, 11) is 0. The van der Waals surface area contributed by atoms with Gasteiger partial charge in [-0.25, -0.2) is 4.79 Å². The highest BCUT2D eigenvalue weighted by molar-refractivity contribution is 5.68. The van der Waals surface area contributed by atoms with Crippen LogP contribution in [0.1, 0.15) is 59.3 Å². The Kier molecular flexibility index (Phi) is 4.39. The molecule has 1 heterocycles. The lowest BCUT2D eigenvalue weighted by atomic mass is 10.0. The molecular weight excluding hydrogens is 242 g/mol. The van der Waals surface area contributed by atoms with Gasteiger partial charge in [0.15, 0.2) is 0 Å². The second kappa shape index (κ2) is 5.70. The van der Waals surface area contributed by atoms with Crippen LogP contribution < -0.4 is 0 Å². The van der Waals surface area contributed by atoms with E-state index in [0.29, 0.717) is 5.92 Å². The van der Waals surface area contributed by atoms with Crippen molar-refractivity contribution >= 4 is 6.09 Å². The van der Waals surface area contributed by atoms with Gasteiger partial charge < -0.3 is 14.7 Å². The average molecular weight is 269 g/mol. The lowest BCUT2D eigenvalue weighted by Crippen LogP contribution is -2.40. The summed E-state index contributed by atoms with van der Waals surface area (Å²) in [5.41, 5.74) is -0.433. The number of carbonyl (C=O) groups excluding carboxylic acids is 1. The monoisotopic (exact) mass is 269 g/mol. The number of hydrogen-bond acceptors (Lipinski definition) is 3. The topological polar surface area (TPSA) is 49.8 Å². The minimum absolute atomic E-state index is 0.166. The zero-order chi connectivity index (χ0) is 14.0. The lowest BCUT2D eigenvalue weighted by molar-refractivity contribution is 0.0204. The van der Waals surface area contributed by atoms with Crippen LogP contribution in [0.5, 0.6) is 0 Å². The second-order valence-corrected chi connectivity index (χ2v) is 6.95. The van der Waals surface area contributed by atoms with Gasteiger partial charge in [-0.3, -0.25) is 0 Å². The quantitative estimate of drug-likeness (QED) is 0.853. The molecule has 0 radical (unpaired) electrons. The van der Waals surface area contributed by atoms with E-state index in [1.165, 1.54) is 12.8 Å². The van der Waals surface area contributed by atoms with E-state index in [4.69, 9.17) is 4.74 Å². The van der Waals surface area contributed by atoms with Crippen molar-refractivity contribution < 1.29 is 14.6 Å². The molecule has 1 aliphatic heterocycles. The summed E-state index contributed by atoms with van der Waals surface area (Å²) < 4.78 is 5.44. The summed E-state index contributed by atoms with van der Waals surface area (Å²) in [5, 5.41) is 9.93. The number of carbonyl (C=O) groups is 1. The Morgan fingerprint density at radius 3 is 2.63 bits per heavy atom. The number of aliphatic hydroxyl groups excluding tert-OH is 1. The Morgan fingerprint density at radius 2 is 2.05 bits per heavy atom. The maximum absolute atomic E-state index is 12.1. The SMILES string of the molecule is CC(C)(C)OC(=O)N1CCC[C@@H]1CC[C@@H](O)C1CC1. The van der Waals surface area contributed by atoms with Crippen LogP contribution in [-0.4, -0.2) is 40.4 Å². The highest BCUT2D eigenvalue weighted by Crippen LogP contribution is 2.35. The smallest absolute Gasteiger partial charge is 0.410 e. The number of rotatable bonds is 4. The van der Waals surface area contributed by atoms with Crippen LogP contribution in [0.25, 0.3) is 0 Å². The van der Waals surface area contributed by atoms with Crippen LogP contribution >= 0.6 is 0 Å². The zero-order valence-corrected chi connectivity index (χ0v) is 12.4. The summed E-state index contributed by atoms with van der Waals surface area (Å²) >= 11 is 0. The number of hydrogen-bond donors (Lipinski definition) is 1. The Labute approximate surface area is 116 Å². The Morgan fingerprint density at radius 1 is 1.37 bits per heavy atom. The largest absolute Gasteiger partial charge is 0.444 e. The van der Waals surface area contributed by atoms with Crippen molar-refractivity contribution in [1.82, 2.24) is 4.90 Å². The molecule has 2 fully saturated rings. The molecule has 1 amide bonds. The van der Waals surface area contributed by atoms with E-state index >= 15 is 0 Å². The van der Waals surface area contributed by atoms with Crippen LogP contribution in [0.15, 0.2) is 0 Å². The van der Waals surface area contributed by atoms with Gasteiger partial charge >= 0.3 is 6.09 Å². The van der Waals surface area contributed by atoms with E-state index in [1.54, 1.807) is 0 Å². The predicted octanol–water partition coefficient (Wildman–Crippen LogP) is 2.94. The van der Waals surface area contributed by atoms with E-state index in [-0.39, 0.29) is 18.2 Å². The van der Waals surface area contributed by atoms with Gasteiger partial charge in [0.25, 0.3) is 0 Å². The first-order valence-electron chi connectivity index (χ1n) is 7.54. The standard InChI is InChI=1S/C15H27NO3/c1-15(2,3)19-14(18)16-10-4-5-12(16)8-9-13(17)11-6-7-11/h11-13,17H,4-10H2,1-3H3/t12-,13-/m1/s1. The zero-order valence-electron chi connectivity index (χ0n) is 12.4. The Balaban J connectivity index is 1.80. The van der Waals surface area contributed by atoms with Gasteiger partial charge in [0, 0.05) is 12.6 Å². The van der Waals surface area contributed by atoms with Crippen molar-refractivity contribution in [3.8, 4) is 0 Å². The van der Waals surface area contributed by atoms with Gasteiger partial charge in [0.05, 0.1) is 6.10 Å². The number of likely N-dealkylation sites (tertiary alicyclic amines) is 1. The molecule has 2 rings (SSSR count). The second-order valence-electron chi connectivity index (χ2n) is 6.95. The summed E-state index contributed by atoms with van der Waals surface area (Å²) in [6, 6.07) is 0.253. The molecule has 0 aromatic rings. The molecule has 1 saturated heterocycles. The fourth-order valence-corrected chi connectivity index (χ4v) is 2.78. The minimum atomic E-state index is -0.433. The molecule has 1 N–H and O–H groups in total. The maximum Gasteiger partial charge on any atom is 0.410 e. The Bertz CT molecular complexity index is 320. The van der Waals surface area contributed by atoms with Crippen molar-refractivity contribution in [2.24, 2.45) is 5.92 Å². The first-order chi connectivity index (χ1) is 8.87. The van der Waals surface area contributed by atoms with Crippen molar-refractivity contribution in [3.05, 3.63) is 0 Å². The number of nitrogens with zero attached hydrogens (tertiary/aromatic N) is 1. The third kappa shape index (κ3) is 4.37. The number of aliphatic hydroxyl groups is 1. The minimum Gasteiger partial charge on any atom is -0.444 e. The summed E-state index contributed by atoms with van der Waals surface area (Å²) in [4.78, 5) is 14.0. The maximum atomic E-state index is 12.1. The van der Waals surface area contributed by atoms with Gasteiger partial charge in [-0.05, 0) is 65.2 Å². The molecule has 2 atom stereocenters. The molecule has 4 nitrogen and oxygen atoms in total. The van der Waals surface area contributed by atoms with Crippen molar-refractivity contribution in [2.45, 2.75) is 77.0 Å². The van der Waals surface area contributed by atoms with Crippen LogP contribution in [0.4, 0.5) is 4.79 Å². The molecule has 1 saturated carbocycles. The van der Waals surface area contributed by atoms with E-state index in [1.807, 2.05) is 25.7 Å². The molecule has 0 aromatic carbocycles. The highest BCUT2D eigenvalue weighted by atomic mass is 16.6. The van der Waals surface area contributed by atoms with Crippen LogP contribution in [0.3, 0.4) is 0 Å². The molecule has 0 unspecified atom stereocenters. The fourth-order valence-electron chi connectivity index (χ4n) is 2.78. The molecule has 19 heavy (non-hydrogen) atoms. The van der Waals surface area contributed by atoms with Gasteiger partial charge in [-0.2, -0.15) is 0 Å². The fraction of sp³-hybridized carbons (Fsp3) is 0.933. The van der Waals surface area contributed by atoms with Crippen molar-refractivity contribution in [1.29, 1.82) is 0 Å². The molecule has 0 spiro atoms. The highest BCUT2D eigenvalue weighted by Gasteiger charge is 2.34.